The Morgan fingerprint density at radius 2 is 2.14 bits per heavy atom. The van der Waals surface area contributed by atoms with Crippen LogP contribution in [0.4, 0.5) is 14.9 Å². The van der Waals surface area contributed by atoms with Gasteiger partial charge in [0.15, 0.2) is 0 Å². The summed E-state index contributed by atoms with van der Waals surface area (Å²) in [6.45, 7) is 2.25. The number of anilines is 1. The van der Waals surface area contributed by atoms with Crippen LogP contribution in [0.5, 0.6) is 11.5 Å². The summed E-state index contributed by atoms with van der Waals surface area (Å²) in [7, 11) is 1.55. The molecule has 2 amide bonds. The number of ether oxygens (including phenoxy) is 3. The Morgan fingerprint density at radius 1 is 1.29 bits per heavy atom. The first kappa shape index (κ1) is 18.6. The number of likely N-dealkylation sites (tertiary alicyclic amines) is 1. The maximum absolute atomic E-state index is 13.3. The van der Waals surface area contributed by atoms with Gasteiger partial charge in [0.05, 0.1) is 25.9 Å². The summed E-state index contributed by atoms with van der Waals surface area (Å²) in [5, 5.41) is 2.91. The maximum atomic E-state index is 13.3. The Kier molecular flexibility index (Phi) is 5.09. The third kappa shape index (κ3) is 3.89. The van der Waals surface area contributed by atoms with E-state index in [1.165, 1.54) is 12.1 Å². The number of amides is 2. The van der Waals surface area contributed by atoms with Crippen LogP contribution < -0.4 is 14.8 Å². The van der Waals surface area contributed by atoms with E-state index in [1.807, 2.05) is 6.07 Å². The molecule has 2 fully saturated rings. The van der Waals surface area contributed by atoms with Gasteiger partial charge in [0, 0.05) is 12.7 Å². The smallest absolute Gasteiger partial charge is 0.322 e. The summed E-state index contributed by atoms with van der Waals surface area (Å²) in [6, 6.07) is 11.2. The number of hydrogen-bond acceptors (Lipinski definition) is 4. The lowest BCUT2D eigenvalue weighted by Crippen LogP contribution is -2.63. The molecule has 0 unspecified atom stereocenters. The SMILES string of the molecule is COc1ccc(COc2cccc(F)c2)cc1NC(=O)N1CC2(CCCO2)C1. The molecule has 0 saturated carbocycles. The molecular formula is C21H23FN2O4. The molecule has 0 radical (unpaired) electrons. The zero-order valence-corrected chi connectivity index (χ0v) is 15.7. The fraction of sp³-hybridized carbons (Fsp3) is 0.381. The molecular weight excluding hydrogens is 363 g/mol. The summed E-state index contributed by atoms with van der Waals surface area (Å²) >= 11 is 0. The first-order chi connectivity index (χ1) is 13.6. The highest BCUT2D eigenvalue weighted by molar-refractivity contribution is 5.91. The molecule has 28 heavy (non-hydrogen) atoms. The molecule has 2 aliphatic rings. The van der Waals surface area contributed by atoms with Crippen LogP contribution in [-0.4, -0.2) is 43.3 Å². The molecule has 0 aromatic heterocycles. The van der Waals surface area contributed by atoms with Crippen LogP contribution in [0.15, 0.2) is 42.5 Å². The lowest BCUT2D eigenvalue weighted by atomic mass is 9.91. The Morgan fingerprint density at radius 3 is 2.86 bits per heavy atom. The predicted molar refractivity (Wildman–Crippen MR) is 102 cm³/mol. The average molecular weight is 386 g/mol. The van der Waals surface area contributed by atoms with Gasteiger partial charge < -0.3 is 24.4 Å². The number of benzene rings is 2. The van der Waals surface area contributed by atoms with Crippen LogP contribution in [-0.2, 0) is 11.3 Å². The number of nitrogens with zero attached hydrogens (tertiary/aromatic N) is 1. The van der Waals surface area contributed by atoms with E-state index in [9.17, 15) is 9.18 Å². The van der Waals surface area contributed by atoms with E-state index in [0.29, 0.717) is 30.3 Å². The van der Waals surface area contributed by atoms with E-state index >= 15 is 0 Å². The van der Waals surface area contributed by atoms with Crippen molar-refractivity contribution < 1.29 is 23.4 Å². The number of methoxy groups -OCH3 is 1. The molecule has 0 bridgehead atoms. The van der Waals surface area contributed by atoms with Gasteiger partial charge in [-0.25, -0.2) is 9.18 Å². The summed E-state index contributed by atoms with van der Waals surface area (Å²) in [5.41, 5.74) is 1.27. The number of carbonyl (C=O) groups is 1. The quantitative estimate of drug-likeness (QED) is 0.849. The van der Waals surface area contributed by atoms with Gasteiger partial charge in [-0.15, -0.1) is 0 Å². The summed E-state index contributed by atoms with van der Waals surface area (Å²) < 4.78 is 30.0. The lowest BCUT2D eigenvalue weighted by Gasteiger charge is -2.46. The van der Waals surface area contributed by atoms with Crippen molar-refractivity contribution in [3.63, 3.8) is 0 Å². The van der Waals surface area contributed by atoms with Crippen LogP contribution >= 0.6 is 0 Å². The van der Waals surface area contributed by atoms with E-state index in [1.54, 1.807) is 36.3 Å². The highest BCUT2D eigenvalue weighted by Gasteiger charge is 2.48. The molecule has 0 atom stereocenters. The van der Waals surface area contributed by atoms with Gasteiger partial charge in [0.2, 0.25) is 0 Å². The number of carbonyl (C=O) groups excluding carboxylic acids is 1. The molecule has 148 valence electrons. The van der Waals surface area contributed by atoms with Gasteiger partial charge in [0.25, 0.3) is 0 Å². The molecule has 1 N–H and O–H groups in total. The van der Waals surface area contributed by atoms with Gasteiger partial charge in [-0.1, -0.05) is 12.1 Å². The fourth-order valence-electron chi connectivity index (χ4n) is 3.66. The predicted octanol–water partition coefficient (Wildman–Crippen LogP) is 3.81. The highest BCUT2D eigenvalue weighted by Crippen LogP contribution is 2.35. The van der Waals surface area contributed by atoms with E-state index in [0.717, 1.165) is 25.0 Å². The molecule has 2 aromatic carbocycles. The summed E-state index contributed by atoms with van der Waals surface area (Å²) in [5.74, 6) is 0.665. The van der Waals surface area contributed by atoms with E-state index in [4.69, 9.17) is 14.2 Å². The third-order valence-electron chi connectivity index (χ3n) is 5.14. The lowest BCUT2D eigenvalue weighted by molar-refractivity contribution is -0.0893. The van der Waals surface area contributed by atoms with Gasteiger partial charge >= 0.3 is 6.03 Å². The van der Waals surface area contributed by atoms with E-state index in [-0.39, 0.29) is 24.1 Å². The molecule has 2 heterocycles. The normalized spacial score (nSPS) is 17.3. The Hall–Kier alpha value is -2.80. The molecule has 4 rings (SSSR count). The van der Waals surface area contributed by atoms with Crippen molar-refractivity contribution >= 4 is 11.7 Å². The van der Waals surface area contributed by atoms with Crippen molar-refractivity contribution in [3.05, 3.63) is 53.8 Å². The van der Waals surface area contributed by atoms with Crippen LogP contribution in [0.25, 0.3) is 0 Å². The monoisotopic (exact) mass is 386 g/mol. The van der Waals surface area contributed by atoms with Gasteiger partial charge in [-0.2, -0.15) is 0 Å². The largest absolute Gasteiger partial charge is 0.495 e. The Balaban J connectivity index is 1.39. The molecule has 6 nitrogen and oxygen atoms in total. The molecule has 2 aromatic rings. The molecule has 2 aliphatic heterocycles. The maximum Gasteiger partial charge on any atom is 0.322 e. The fourth-order valence-corrected chi connectivity index (χ4v) is 3.66. The van der Waals surface area contributed by atoms with E-state index < -0.39 is 0 Å². The van der Waals surface area contributed by atoms with Crippen LogP contribution in [0.1, 0.15) is 18.4 Å². The average Bonchev–Trinajstić information content (AvgIpc) is 3.16. The first-order valence-electron chi connectivity index (χ1n) is 9.32. The summed E-state index contributed by atoms with van der Waals surface area (Å²) in [6.07, 6.45) is 2.06. The first-order valence-corrected chi connectivity index (χ1v) is 9.32. The number of urea groups is 1. The minimum Gasteiger partial charge on any atom is -0.495 e. The molecule has 1 spiro atoms. The van der Waals surface area contributed by atoms with Gasteiger partial charge in [0.1, 0.15) is 29.5 Å². The van der Waals surface area contributed by atoms with Crippen molar-refractivity contribution in [3.8, 4) is 11.5 Å². The zero-order valence-electron chi connectivity index (χ0n) is 15.7. The Labute approximate surface area is 163 Å². The third-order valence-corrected chi connectivity index (χ3v) is 5.14. The Bertz CT molecular complexity index is 859. The topological polar surface area (TPSA) is 60.0 Å². The van der Waals surface area contributed by atoms with Crippen molar-refractivity contribution in [1.29, 1.82) is 0 Å². The second kappa shape index (κ2) is 7.67. The van der Waals surface area contributed by atoms with Gasteiger partial charge in [-0.05, 0) is 42.7 Å². The van der Waals surface area contributed by atoms with Crippen LogP contribution in [0, 0.1) is 5.82 Å². The van der Waals surface area contributed by atoms with Crippen molar-refractivity contribution in [2.75, 3.05) is 32.1 Å². The van der Waals surface area contributed by atoms with Crippen molar-refractivity contribution in [1.82, 2.24) is 4.90 Å². The second-order valence-corrected chi connectivity index (χ2v) is 7.20. The highest BCUT2D eigenvalue weighted by atomic mass is 19.1. The minimum absolute atomic E-state index is 0.137. The van der Waals surface area contributed by atoms with Crippen LogP contribution in [0.2, 0.25) is 0 Å². The van der Waals surface area contributed by atoms with Crippen molar-refractivity contribution in [2.24, 2.45) is 0 Å². The zero-order chi connectivity index (χ0) is 19.6. The number of hydrogen-bond donors (Lipinski definition) is 1. The minimum atomic E-state index is -0.348. The van der Waals surface area contributed by atoms with Gasteiger partial charge in [-0.3, -0.25) is 0 Å². The summed E-state index contributed by atoms with van der Waals surface area (Å²) in [4.78, 5) is 14.3. The van der Waals surface area contributed by atoms with Crippen LogP contribution in [0.3, 0.4) is 0 Å². The van der Waals surface area contributed by atoms with Crippen molar-refractivity contribution in [2.45, 2.75) is 25.0 Å². The molecule has 2 saturated heterocycles. The second-order valence-electron chi connectivity index (χ2n) is 7.20. The number of rotatable bonds is 5. The number of halogens is 1. The number of nitrogens with one attached hydrogen (secondary N) is 1. The molecule has 7 heteroatoms. The van der Waals surface area contributed by atoms with E-state index in [2.05, 4.69) is 5.32 Å². The standard InChI is InChI=1S/C21H23FN2O4/c1-26-19-7-6-15(12-27-17-5-2-4-16(22)11-17)10-18(19)23-20(25)24-13-21(14-24)8-3-9-28-21/h2,4-7,10-11H,3,8-9,12-14H2,1H3,(H,23,25). The molecule has 0 aliphatic carbocycles.